The molecule has 0 radical (unpaired) electrons. The maximum Gasteiger partial charge on any atom is 0.317 e. The van der Waals surface area contributed by atoms with E-state index in [4.69, 9.17) is 24.7 Å². The summed E-state index contributed by atoms with van der Waals surface area (Å²) in [6.07, 6.45) is 1.49. The smallest absolute Gasteiger partial charge is 0.317 e. The minimum Gasteiger partial charge on any atom is -0.491 e. The predicted octanol–water partition coefficient (Wildman–Crippen LogP) is 2.41. The largest absolute Gasteiger partial charge is 0.491 e. The van der Waals surface area contributed by atoms with Gasteiger partial charge in [-0.25, -0.2) is 9.78 Å². The maximum atomic E-state index is 10.7. The molecular weight excluding hydrogens is 326 g/mol. The molecule has 0 saturated heterocycles. The highest BCUT2D eigenvalue weighted by Crippen LogP contribution is 2.24. The summed E-state index contributed by atoms with van der Waals surface area (Å²) < 4.78 is 21.4. The number of nitrogens with zero attached hydrogens (tertiary/aromatic N) is 1. The number of pyridine rings is 1. The van der Waals surface area contributed by atoms with Crippen LogP contribution in [0.3, 0.4) is 0 Å². The Balaban J connectivity index is 1.77. The fourth-order valence-electron chi connectivity index (χ4n) is 1.84. The number of ether oxygens (including phenoxy) is 4. The van der Waals surface area contributed by atoms with E-state index in [0.717, 1.165) is 5.75 Å². The topological polar surface area (TPSA) is 105 Å². The fraction of sp³-hybridized carbons (Fsp3) is 0.294. The number of primary amides is 1. The summed E-state index contributed by atoms with van der Waals surface area (Å²) in [6, 6.07) is 9.80. The lowest BCUT2D eigenvalue weighted by atomic mass is 10.3. The number of nitrogens with one attached hydrogen (secondary N) is 1. The Labute approximate surface area is 145 Å². The summed E-state index contributed by atoms with van der Waals surface area (Å²) in [4.78, 5) is 14.8. The van der Waals surface area contributed by atoms with Crippen LogP contribution in [0.25, 0.3) is 0 Å². The van der Waals surface area contributed by atoms with Gasteiger partial charge in [0.1, 0.15) is 29.7 Å². The number of hydrogen-bond donors (Lipinski definition) is 2. The number of anilines is 1. The molecule has 0 bridgehead atoms. The van der Waals surface area contributed by atoms with Crippen LogP contribution in [-0.4, -0.2) is 44.6 Å². The summed E-state index contributed by atoms with van der Waals surface area (Å²) >= 11 is 0. The van der Waals surface area contributed by atoms with Crippen molar-refractivity contribution >= 4 is 11.8 Å². The van der Waals surface area contributed by atoms with Crippen molar-refractivity contribution in [2.24, 2.45) is 5.73 Å². The van der Waals surface area contributed by atoms with Crippen molar-refractivity contribution in [2.75, 3.05) is 38.9 Å². The molecule has 8 nitrogen and oxygen atoms in total. The third-order valence-corrected chi connectivity index (χ3v) is 2.98. The number of rotatable bonds is 10. The number of hydrogen-bond acceptors (Lipinski definition) is 6. The van der Waals surface area contributed by atoms with E-state index < -0.39 is 6.03 Å². The first-order valence-electron chi connectivity index (χ1n) is 7.67. The molecule has 0 aliphatic rings. The molecule has 1 aromatic heterocycles. The summed E-state index contributed by atoms with van der Waals surface area (Å²) in [5, 5.41) is 2.38. The fourth-order valence-corrected chi connectivity index (χ4v) is 1.84. The zero-order chi connectivity index (χ0) is 17.9. The number of nitrogens with two attached hydrogens (primary N) is 1. The van der Waals surface area contributed by atoms with E-state index in [1.807, 2.05) is 0 Å². The summed E-state index contributed by atoms with van der Waals surface area (Å²) in [6.45, 7) is 2.08. The monoisotopic (exact) mass is 347 g/mol. The second kappa shape index (κ2) is 10.1. The van der Waals surface area contributed by atoms with Crippen molar-refractivity contribution in [3.8, 4) is 17.2 Å². The molecular formula is C17H21N3O5. The number of carbonyl (C=O) groups excluding carboxylic acids is 1. The van der Waals surface area contributed by atoms with E-state index in [2.05, 4.69) is 10.3 Å². The zero-order valence-electron chi connectivity index (χ0n) is 13.9. The Morgan fingerprint density at radius 3 is 2.32 bits per heavy atom. The molecule has 0 spiro atoms. The Bertz CT molecular complexity index is 646. The van der Waals surface area contributed by atoms with Gasteiger partial charge in [-0.2, -0.15) is 0 Å². The Morgan fingerprint density at radius 1 is 1.00 bits per heavy atom. The molecule has 8 heteroatoms. The van der Waals surface area contributed by atoms with Crippen LogP contribution in [0.2, 0.25) is 0 Å². The minimum absolute atomic E-state index is 0.358. The van der Waals surface area contributed by atoms with Crippen LogP contribution in [0.4, 0.5) is 10.6 Å². The number of carbonyl (C=O) groups is 1. The van der Waals surface area contributed by atoms with Gasteiger partial charge in [-0.05, 0) is 36.4 Å². The zero-order valence-corrected chi connectivity index (χ0v) is 13.9. The van der Waals surface area contributed by atoms with Gasteiger partial charge in [0, 0.05) is 7.11 Å². The third kappa shape index (κ3) is 7.06. The second-order valence-electron chi connectivity index (χ2n) is 4.90. The molecule has 2 aromatic rings. The standard InChI is InChI=1S/C17H21N3O5/c1-22-8-9-23-10-11-24-13-2-4-14(5-3-13)25-15-6-7-16(19-12-15)20-17(18)21/h2-7,12H,8-11H2,1H3,(H3,18,19,20,21). The molecule has 25 heavy (non-hydrogen) atoms. The molecule has 0 saturated carbocycles. The van der Waals surface area contributed by atoms with Crippen LogP contribution in [0.1, 0.15) is 0 Å². The van der Waals surface area contributed by atoms with Crippen molar-refractivity contribution in [3.05, 3.63) is 42.6 Å². The van der Waals surface area contributed by atoms with Crippen LogP contribution >= 0.6 is 0 Å². The molecule has 3 N–H and O–H groups in total. The van der Waals surface area contributed by atoms with Crippen molar-refractivity contribution in [1.29, 1.82) is 0 Å². The van der Waals surface area contributed by atoms with Gasteiger partial charge >= 0.3 is 6.03 Å². The first kappa shape index (κ1) is 18.5. The summed E-state index contributed by atoms with van der Waals surface area (Å²) in [5.74, 6) is 2.26. The normalized spacial score (nSPS) is 10.3. The van der Waals surface area contributed by atoms with Gasteiger partial charge in [-0.1, -0.05) is 0 Å². The van der Waals surface area contributed by atoms with Gasteiger partial charge < -0.3 is 24.7 Å². The molecule has 134 valence electrons. The van der Waals surface area contributed by atoms with E-state index in [1.54, 1.807) is 43.5 Å². The van der Waals surface area contributed by atoms with E-state index in [1.165, 1.54) is 6.20 Å². The van der Waals surface area contributed by atoms with Crippen molar-refractivity contribution in [1.82, 2.24) is 4.98 Å². The van der Waals surface area contributed by atoms with Gasteiger partial charge in [0.05, 0.1) is 26.0 Å². The Kier molecular flexibility index (Phi) is 7.48. The van der Waals surface area contributed by atoms with Gasteiger partial charge in [0.15, 0.2) is 0 Å². The Morgan fingerprint density at radius 2 is 1.68 bits per heavy atom. The molecule has 1 heterocycles. The quantitative estimate of drug-likeness (QED) is 0.640. The maximum absolute atomic E-state index is 10.7. The molecule has 2 rings (SSSR count). The van der Waals surface area contributed by atoms with Crippen LogP contribution in [-0.2, 0) is 9.47 Å². The van der Waals surface area contributed by atoms with Crippen LogP contribution in [0.5, 0.6) is 17.2 Å². The second-order valence-corrected chi connectivity index (χ2v) is 4.90. The predicted molar refractivity (Wildman–Crippen MR) is 92.1 cm³/mol. The lowest BCUT2D eigenvalue weighted by Crippen LogP contribution is -2.19. The minimum atomic E-state index is -0.666. The van der Waals surface area contributed by atoms with Gasteiger partial charge in [-0.3, -0.25) is 5.32 Å². The highest BCUT2D eigenvalue weighted by molar-refractivity contribution is 5.86. The lowest BCUT2D eigenvalue weighted by molar-refractivity contribution is 0.0544. The van der Waals surface area contributed by atoms with Crippen LogP contribution in [0, 0.1) is 0 Å². The molecule has 0 aliphatic heterocycles. The average Bonchev–Trinajstić information content (AvgIpc) is 2.61. The van der Waals surface area contributed by atoms with E-state index in [-0.39, 0.29) is 0 Å². The van der Waals surface area contributed by atoms with E-state index >= 15 is 0 Å². The van der Waals surface area contributed by atoms with Crippen molar-refractivity contribution in [2.45, 2.75) is 0 Å². The number of amides is 2. The van der Waals surface area contributed by atoms with Gasteiger partial charge in [-0.15, -0.1) is 0 Å². The molecule has 2 amide bonds. The van der Waals surface area contributed by atoms with Gasteiger partial charge in [0.2, 0.25) is 0 Å². The number of aromatic nitrogens is 1. The number of urea groups is 1. The molecule has 0 unspecified atom stereocenters. The first-order chi connectivity index (χ1) is 12.2. The SMILES string of the molecule is COCCOCCOc1ccc(Oc2ccc(NC(N)=O)nc2)cc1. The Hall–Kier alpha value is -2.84. The van der Waals surface area contributed by atoms with Crippen LogP contribution < -0.4 is 20.5 Å². The molecule has 1 aromatic carbocycles. The van der Waals surface area contributed by atoms with Crippen molar-refractivity contribution in [3.63, 3.8) is 0 Å². The van der Waals surface area contributed by atoms with Crippen LogP contribution in [0.15, 0.2) is 42.6 Å². The highest BCUT2D eigenvalue weighted by atomic mass is 16.5. The number of methoxy groups -OCH3 is 1. The summed E-state index contributed by atoms with van der Waals surface area (Å²) in [5.41, 5.74) is 5.02. The molecule has 0 atom stereocenters. The van der Waals surface area contributed by atoms with E-state index in [0.29, 0.717) is 43.7 Å². The number of benzene rings is 1. The lowest BCUT2D eigenvalue weighted by Gasteiger charge is -2.09. The van der Waals surface area contributed by atoms with Gasteiger partial charge in [0.25, 0.3) is 0 Å². The average molecular weight is 347 g/mol. The van der Waals surface area contributed by atoms with Crippen molar-refractivity contribution < 1.29 is 23.7 Å². The van der Waals surface area contributed by atoms with E-state index in [9.17, 15) is 4.79 Å². The summed E-state index contributed by atoms with van der Waals surface area (Å²) in [7, 11) is 1.63. The molecule has 0 fully saturated rings. The highest BCUT2D eigenvalue weighted by Gasteiger charge is 2.02. The third-order valence-electron chi connectivity index (χ3n) is 2.98. The first-order valence-corrected chi connectivity index (χ1v) is 7.67. The molecule has 0 aliphatic carbocycles.